The van der Waals surface area contributed by atoms with E-state index in [2.05, 4.69) is 10.1 Å². The van der Waals surface area contributed by atoms with E-state index in [1.165, 1.54) is 5.56 Å². The number of hydrogen-bond donors (Lipinski definition) is 3. The van der Waals surface area contributed by atoms with Crippen molar-refractivity contribution in [3.05, 3.63) is 35.9 Å². The summed E-state index contributed by atoms with van der Waals surface area (Å²) in [5.41, 5.74) is 3.64. The number of nitrogens with one attached hydrogen (secondary N) is 1. The molecule has 4 nitrogen and oxygen atoms in total. The lowest BCUT2D eigenvalue weighted by Crippen LogP contribution is -2.14. The monoisotopic (exact) mass is 201 g/mol. The van der Waals surface area contributed by atoms with Crippen molar-refractivity contribution < 1.29 is 14.4 Å². The summed E-state index contributed by atoms with van der Waals surface area (Å²) in [5, 5.41) is 0. The minimum atomic E-state index is -2.29. The average Bonchev–Trinajstić information content (AvgIpc) is 2.14. The van der Waals surface area contributed by atoms with Crippen LogP contribution in [0.3, 0.4) is 0 Å². The second kappa shape index (κ2) is 6.02. The van der Waals surface area contributed by atoms with Gasteiger partial charge in [0.2, 0.25) is 0 Å². The van der Waals surface area contributed by atoms with Gasteiger partial charge in [0.05, 0.1) is 0 Å². The molecule has 0 radical (unpaired) electrons. The molecule has 0 aliphatic heterocycles. The molecule has 0 bridgehead atoms. The Labute approximate surface area is 78.1 Å². The number of hydroxylamine groups is 1. The third-order valence-corrected chi connectivity index (χ3v) is 1.80. The second-order valence-corrected chi connectivity index (χ2v) is 3.16. The van der Waals surface area contributed by atoms with Crippen molar-refractivity contribution in [2.45, 2.75) is 6.42 Å². The molecule has 0 saturated heterocycles. The molecule has 0 amide bonds. The van der Waals surface area contributed by atoms with Crippen LogP contribution < -0.4 is 5.48 Å². The lowest BCUT2D eigenvalue weighted by Gasteiger charge is -2.04. The second-order valence-electron chi connectivity index (χ2n) is 2.47. The van der Waals surface area contributed by atoms with Gasteiger partial charge < -0.3 is 9.79 Å². The van der Waals surface area contributed by atoms with Gasteiger partial charge in [-0.3, -0.25) is 0 Å². The number of benzene rings is 1. The molecule has 1 rings (SSSR count). The van der Waals surface area contributed by atoms with Gasteiger partial charge in [0.1, 0.15) is 0 Å². The summed E-state index contributed by atoms with van der Waals surface area (Å²) in [5.74, 6) is 0. The molecule has 5 heteroatoms. The highest BCUT2D eigenvalue weighted by Gasteiger charge is 1.97. The largest absolute Gasteiger partial charge is 0.345 e. The first-order valence-corrected chi connectivity index (χ1v) is 5.07. The average molecular weight is 201 g/mol. The van der Waals surface area contributed by atoms with Crippen LogP contribution in [0.4, 0.5) is 0 Å². The fourth-order valence-corrected chi connectivity index (χ4v) is 1.15. The van der Waals surface area contributed by atoms with Crippen molar-refractivity contribution in [1.29, 1.82) is 0 Å². The first kappa shape index (κ1) is 10.6. The van der Waals surface area contributed by atoms with Crippen molar-refractivity contribution in [1.82, 2.24) is 5.48 Å². The molecule has 72 valence electrons. The van der Waals surface area contributed by atoms with Crippen LogP contribution in [0.2, 0.25) is 0 Å². The van der Waals surface area contributed by atoms with Crippen molar-refractivity contribution in [2.24, 2.45) is 0 Å². The maximum atomic E-state index is 8.39. The Morgan fingerprint density at radius 2 is 1.92 bits per heavy atom. The van der Waals surface area contributed by atoms with Crippen LogP contribution in [-0.4, -0.2) is 16.3 Å². The Morgan fingerprint density at radius 1 is 1.23 bits per heavy atom. The van der Waals surface area contributed by atoms with Gasteiger partial charge in [-0.25, -0.2) is 4.62 Å². The fraction of sp³-hybridized carbons (Fsp3) is 0.250. The molecule has 0 heterocycles. The highest BCUT2D eigenvalue weighted by molar-refractivity contribution is 7.39. The Morgan fingerprint density at radius 3 is 2.54 bits per heavy atom. The standard InChI is InChI=1S/C8H12NO3P/c10-13(11)12-9-7-6-8-4-2-1-3-5-8/h1-5,9-11H,6-7H2. The van der Waals surface area contributed by atoms with Crippen LogP contribution in [0.5, 0.6) is 0 Å². The van der Waals surface area contributed by atoms with Gasteiger partial charge in [-0.1, -0.05) is 30.3 Å². The minimum Gasteiger partial charge on any atom is -0.327 e. The van der Waals surface area contributed by atoms with Gasteiger partial charge in [0, 0.05) is 6.54 Å². The minimum absolute atomic E-state index is 0.559. The van der Waals surface area contributed by atoms with Crippen LogP contribution in [0.15, 0.2) is 30.3 Å². The SMILES string of the molecule is OP(O)ONCCc1ccccc1. The van der Waals surface area contributed by atoms with E-state index >= 15 is 0 Å². The molecular formula is C8H12NO3P. The van der Waals surface area contributed by atoms with Gasteiger partial charge in [-0.15, -0.1) is 0 Å². The Hall–Kier alpha value is -0.510. The molecule has 3 N–H and O–H groups in total. The molecule has 0 fully saturated rings. The van der Waals surface area contributed by atoms with Crippen molar-refractivity contribution >= 4 is 8.60 Å². The lowest BCUT2D eigenvalue weighted by molar-refractivity contribution is 0.164. The van der Waals surface area contributed by atoms with E-state index in [0.29, 0.717) is 6.54 Å². The Balaban J connectivity index is 2.13. The van der Waals surface area contributed by atoms with Gasteiger partial charge in [0.15, 0.2) is 0 Å². The first-order valence-electron chi connectivity index (χ1n) is 3.90. The molecule has 13 heavy (non-hydrogen) atoms. The summed E-state index contributed by atoms with van der Waals surface area (Å²) in [6, 6.07) is 9.88. The zero-order valence-electron chi connectivity index (χ0n) is 7.05. The normalized spacial score (nSPS) is 10.7. The lowest BCUT2D eigenvalue weighted by atomic mass is 10.2. The summed E-state index contributed by atoms with van der Waals surface area (Å²) in [4.78, 5) is 16.8. The molecule has 0 atom stereocenters. The van der Waals surface area contributed by atoms with Crippen LogP contribution in [-0.2, 0) is 11.0 Å². The maximum Gasteiger partial charge on any atom is 0.345 e. The fourth-order valence-electron chi connectivity index (χ4n) is 0.943. The van der Waals surface area contributed by atoms with Crippen molar-refractivity contribution in [3.63, 3.8) is 0 Å². The molecule has 0 aliphatic rings. The van der Waals surface area contributed by atoms with Crippen LogP contribution in [0.25, 0.3) is 0 Å². The smallest absolute Gasteiger partial charge is 0.327 e. The molecule has 1 aromatic carbocycles. The predicted molar refractivity (Wildman–Crippen MR) is 50.6 cm³/mol. The van der Waals surface area contributed by atoms with Gasteiger partial charge in [-0.05, 0) is 12.0 Å². The predicted octanol–water partition coefficient (Wildman–Crippen LogP) is 0.962. The summed E-state index contributed by atoms with van der Waals surface area (Å²) in [6.45, 7) is 0.559. The van der Waals surface area contributed by atoms with E-state index in [4.69, 9.17) is 9.79 Å². The Kier molecular flexibility index (Phi) is 4.90. The van der Waals surface area contributed by atoms with Crippen LogP contribution in [0.1, 0.15) is 5.56 Å². The summed E-state index contributed by atoms with van der Waals surface area (Å²) < 4.78 is 4.39. The molecule has 0 aromatic heterocycles. The summed E-state index contributed by atoms with van der Waals surface area (Å²) in [7, 11) is -2.29. The van der Waals surface area contributed by atoms with Gasteiger partial charge >= 0.3 is 8.60 Å². The zero-order valence-corrected chi connectivity index (χ0v) is 7.95. The molecular weight excluding hydrogens is 189 g/mol. The van der Waals surface area contributed by atoms with Crippen molar-refractivity contribution in [2.75, 3.05) is 6.54 Å². The third-order valence-electron chi connectivity index (χ3n) is 1.50. The highest BCUT2D eigenvalue weighted by Crippen LogP contribution is 2.21. The van der Waals surface area contributed by atoms with Crippen LogP contribution in [0, 0.1) is 0 Å². The molecule has 0 saturated carbocycles. The zero-order chi connectivity index (χ0) is 9.52. The number of rotatable bonds is 5. The van der Waals surface area contributed by atoms with Crippen molar-refractivity contribution in [3.8, 4) is 0 Å². The molecule has 0 spiro atoms. The number of hydrogen-bond acceptors (Lipinski definition) is 4. The van der Waals surface area contributed by atoms with E-state index in [0.717, 1.165) is 6.42 Å². The van der Waals surface area contributed by atoms with Crippen LogP contribution >= 0.6 is 8.60 Å². The Bertz CT molecular complexity index is 230. The van der Waals surface area contributed by atoms with Gasteiger partial charge in [-0.2, -0.15) is 5.48 Å². The molecule has 0 aliphatic carbocycles. The van der Waals surface area contributed by atoms with E-state index in [1.54, 1.807) is 0 Å². The first-order chi connectivity index (χ1) is 6.29. The maximum absolute atomic E-state index is 8.39. The molecule has 0 unspecified atom stereocenters. The topological polar surface area (TPSA) is 61.7 Å². The van der Waals surface area contributed by atoms with E-state index < -0.39 is 8.60 Å². The van der Waals surface area contributed by atoms with E-state index in [9.17, 15) is 0 Å². The quantitative estimate of drug-likeness (QED) is 0.377. The highest BCUT2D eigenvalue weighted by atomic mass is 31.2. The summed E-state index contributed by atoms with van der Waals surface area (Å²) >= 11 is 0. The van der Waals surface area contributed by atoms with E-state index in [1.807, 2.05) is 30.3 Å². The van der Waals surface area contributed by atoms with E-state index in [-0.39, 0.29) is 0 Å². The molecule has 1 aromatic rings. The third kappa shape index (κ3) is 4.93. The van der Waals surface area contributed by atoms with Gasteiger partial charge in [0.25, 0.3) is 0 Å². The summed E-state index contributed by atoms with van der Waals surface area (Å²) in [6.07, 6.45) is 0.796.